The predicted octanol–water partition coefficient (Wildman–Crippen LogP) is 1.75. The van der Waals surface area contributed by atoms with Crippen LogP contribution in [0, 0.1) is 0 Å². The summed E-state index contributed by atoms with van der Waals surface area (Å²) in [7, 11) is 0. The highest BCUT2D eigenvalue weighted by Gasteiger charge is 2.25. The highest BCUT2D eigenvalue weighted by Crippen LogP contribution is 2.12. The molecule has 1 unspecified atom stereocenters. The van der Waals surface area contributed by atoms with Crippen molar-refractivity contribution >= 4 is 5.96 Å². The van der Waals surface area contributed by atoms with E-state index in [0.717, 1.165) is 51.4 Å². The molecule has 1 atom stereocenters. The minimum Gasteiger partial charge on any atom is -0.387 e. The van der Waals surface area contributed by atoms with Gasteiger partial charge < -0.3 is 25.2 Å². The van der Waals surface area contributed by atoms with E-state index < -0.39 is 5.60 Å². The maximum absolute atomic E-state index is 10.8. The molecule has 1 saturated heterocycles. The van der Waals surface area contributed by atoms with Gasteiger partial charge in [0.1, 0.15) is 0 Å². The second-order valence-corrected chi connectivity index (χ2v) is 7.76. The van der Waals surface area contributed by atoms with Gasteiger partial charge in [0.2, 0.25) is 0 Å². The Balaban J connectivity index is 1.92. The van der Waals surface area contributed by atoms with Gasteiger partial charge in [-0.2, -0.15) is 0 Å². The summed E-state index contributed by atoms with van der Waals surface area (Å²) in [5, 5.41) is 17.3. The van der Waals surface area contributed by atoms with Crippen molar-refractivity contribution < 1.29 is 14.6 Å². The molecule has 1 heterocycles. The summed E-state index contributed by atoms with van der Waals surface area (Å²) in [5.74, 6) is 0.707. The van der Waals surface area contributed by atoms with Gasteiger partial charge in [-0.1, -0.05) is 31.2 Å². The first-order valence-corrected chi connectivity index (χ1v) is 10.7. The second-order valence-electron chi connectivity index (χ2n) is 7.76. The fraction of sp³-hybridized carbons (Fsp3) is 0.682. The Bertz CT molecular complexity index is 616. The van der Waals surface area contributed by atoms with E-state index in [-0.39, 0.29) is 0 Å². The van der Waals surface area contributed by atoms with Crippen LogP contribution in [0.25, 0.3) is 0 Å². The molecule has 0 aromatic heterocycles. The van der Waals surface area contributed by atoms with Gasteiger partial charge in [0, 0.05) is 39.3 Å². The minimum atomic E-state index is -0.848. The predicted molar refractivity (Wildman–Crippen MR) is 117 cm³/mol. The van der Waals surface area contributed by atoms with Crippen LogP contribution >= 0.6 is 0 Å². The van der Waals surface area contributed by atoms with Crippen LogP contribution < -0.4 is 10.6 Å². The van der Waals surface area contributed by atoms with Crippen LogP contribution in [0.3, 0.4) is 0 Å². The summed E-state index contributed by atoms with van der Waals surface area (Å²) in [6, 6.07) is 8.24. The number of rotatable bonds is 11. The quantitative estimate of drug-likeness (QED) is 0.295. The lowest BCUT2D eigenvalue weighted by molar-refractivity contribution is -0.0201. The number of nitrogens with one attached hydrogen (secondary N) is 2. The summed E-state index contributed by atoms with van der Waals surface area (Å²) in [6.07, 6.45) is 1.01. The second kappa shape index (κ2) is 12.8. The molecule has 1 aromatic rings. The van der Waals surface area contributed by atoms with E-state index in [2.05, 4.69) is 34.6 Å². The third kappa shape index (κ3) is 9.12. The third-order valence-electron chi connectivity index (χ3n) is 4.78. The van der Waals surface area contributed by atoms with Gasteiger partial charge in [-0.25, -0.2) is 4.99 Å². The van der Waals surface area contributed by atoms with Crippen molar-refractivity contribution in [3.8, 4) is 0 Å². The van der Waals surface area contributed by atoms with Crippen molar-refractivity contribution in [1.29, 1.82) is 0 Å². The molecule has 0 aliphatic carbocycles. The van der Waals surface area contributed by atoms with Gasteiger partial charge in [-0.15, -0.1) is 0 Å². The van der Waals surface area contributed by atoms with E-state index >= 15 is 0 Å². The average Bonchev–Trinajstić information content (AvgIpc) is 2.71. The first-order chi connectivity index (χ1) is 14.0. The number of aliphatic hydroxyl groups is 1. The average molecular weight is 407 g/mol. The molecule has 164 valence electrons. The normalized spacial score (nSPS) is 17.7. The van der Waals surface area contributed by atoms with Crippen molar-refractivity contribution in [2.24, 2.45) is 4.99 Å². The first kappa shape index (κ1) is 23.6. The number of aliphatic imine (C=N–C) groups is 1. The monoisotopic (exact) mass is 406 g/mol. The van der Waals surface area contributed by atoms with E-state index in [9.17, 15) is 5.11 Å². The molecule has 29 heavy (non-hydrogen) atoms. The zero-order chi connectivity index (χ0) is 21.0. The Kier molecular flexibility index (Phi) is 10.4. The highest BCUT2D eigenvalue weighted by atomic mass is 16.5. The number of guanidine groups is 1. The fourth-order valence-electron chi connectivity index (χ4n) is 3.26. The summed E-state index contributed by atoms with van der Waals surface area (Å²) in [4.78, 5) is 6.95. The lowest BCUT2D eigenvalue weighted by atomic mass is 10.1. The Morgan fingerprint density at radius 2 is 1.93 bits per heavy atom. The van der Waals surface area contributed by atoms with Gasteiger partial charge >= 0.3 is 0 Å². The number of nitrogens with zero attached hydrogens (tertiary/aromatic N) is 2. The smallest absolute Gasteiger partial charge is 0.191 e. The molecule has 7 heteroatoms. The van der Waals surface area contributed by atoms with Crippen LogP contribution in [0.4, 0.5) is 0 Å². The zero-order valence-corrected chi connectivity index (χ0v) is 18.2. The van der Waals surface area contributed by atoms with Crippen LogP contribution in [0.1, 0.15) is 38.3 Å². The van der Waals surface area contributed by atoms with E-state index in [4.69, 9.17) is 14.5 Å². The highest BCUT2D eigenvalue weighted by molar-refractivity contribution is 5.79. The molecule has 1 aromatic carbocycles. The molecule has 2 rings (SSSR count). The lowest BCUT2D eigenvalue weighted by Gasteiger charge is -2.34. The summed E-state index contributed by atoms with van der Waals surface area (Å²) >= 11 is 0. The maximum Gasteiger partial charge on any atom is 0.191 e. The number of ether oxygens (including phenoxy) is 2. The summed E-state index contributed by atoms with van der Waals surface area (Å²) in [5.41, 5.74) is 1.47. The third-order valence-corrected chi connectivity index (χ3v) is 4.78. The SMILES string of the molecule is CCCOCc1ccccc1CN=C(NCC)NCC(C)(O)CN1CCOCC1. The number of benzene rings is 1. The van der Waals surface area contributed by atoms with Gasteiger partial charge in [0.05, 0.1) is 32.0 Å². The fourth-order valence-corrected chi connectivity index (χ4v) is 3.26. The molecule has 1 aliphatic heterocycles. The van der Waals surface area contributed by atoms with Crippen molar-refractivity contribution in [2.45, 2.75) is 45.9 Å². The van der Waals surface area contributed by atoms with Gasteiger partial charge in [-0.05, 0) is 31.4 Å². The molecule has 0 spiro atoms. The van der Waals surface area contributed by atoms with Gasteiger partial charge in [-0.3, -0.25) is 4.90 Å². The van der Waals surface area contributed by atoms with E-state index in [0.29, 0.717) is 32.2 Å². The molecule has 0 saturated carbocycles. The summed E-state index contributed by atoms with van der Waals surface area (Å²) in [6.45, 7) is 12.9. The van der Waals surface area contributed by atoms with Crippen LogP contribution in [0.15, 0.2) is 29.3 Å². The van der Waals surface area contributed by atoms with Gasteiger partial charge in [0.25, 0.3) is 0 Å². The molecule has 0 amide bonds. The Labute approximate surface area is 175 Å². The molecule has 1 aliphatic rings. The van der Waals surface area contributed by atoms with Crippen molar-refractivity contribution in [3.63, 3.8) is 0 Å². The van der Waals surface area contributed by atoms with E-state index in [1.165, 1.54) is 5.56 Å². The zero-order valence-electron chi connectivity index (χ0n) is 18.2. The van der Waals surface area contributed by atoms with Crippen LogP contribution in [-0.2, 0) is 22.6 Å². The largest absolute Gasteiger partial charge is 0.387 e. The number of hydrogen-bond acceptors (Lipinski definition) is 5. The lowest BCUT2D eigenvalue weighted by Crippen LogP contribution is -2.52. The molecular weight excluding hydrogens is 368 g/mol. The van der Waals surface area contributed by atoms with Crippen molar-refractivity contribution in [3.05, 3.63) is 35.4 Å². The number of hydrogen-bond donors (Lipinski definition) is 3. The van der Waals surface area contributed by atoms with Crippen LogP contribution in [0.5, 0.6) is 0 Å². The van der Waals surface area contributed by atoms with E-state index in [1.54, 1.807) is 0 Å². The molecule has 0 radical (unpaired) electrons. The van der Waals surface area contributed by atoms with Crippen LogP contribution in [-0.4, -0.2) is 74.1 Å². The first-order valence-electron chi connectivity index (χ1n) is 10.7. The molecule has 3 N–H and O–H groups in total. The molecule has 1 fully saturated rings. The number of β-amino-alcohol motifs (C(OH)–C–C–N with tert-alkyl or cyclic N) is 1. The number of morpholine rings is 1. The standard InChI is InChI=1S/C22H38N4O3/c1-4-12-29-16-20-9-7-6-8-19(20)15-24-21(23-5-2)25-17-22(3,27)18-26-10-13-28-14-11-26/h6-9,27H,4-5,10-18H2,1-3H3,(H2,23,24,25). The Morgan fingerprint density at radius 3 is 2.62 bits per heavy atom. The Morgan fingerprint density at radius 1 is 1.21 bits per heavy atom. The van der Waals surface area contributed by atoms with Gasteiger partial charge in [0.15, 0.2) is 5.96 Å². The van der Waals surface area contributed by atoms with Crippen molar-refractivity contribution in [2.75, 3.05) is 52.5 Å². The Hall–Kier alpha value is -1.67. The van der Waals surface area contributed by atoms with Crippen LogP contribution in [0.2, 0.25) is 0 Å². The van der Waals surface area contributed by atoms with Crippen molar-refractivity contribution in [1.82, 2.24) is 15.5 Å². The molecule has 7 nitrogen and oxygen atoms in total. The topological polar surface area (TPSA) is 78.3 Å². The minimum absolute atomic E-state index is 0.428. The maximum atomic E-state index is 10.8. The summed E-state index contributed by atoms with van der Waals surface area (Å²) < 4.78 is 11.1. The van der Waals surface area contributed by atoms with E-state index in [1.807, 2.05) is 26.0 Å². The molecular formula is C22H38N4O3. The molecule has 0 bridgehead atoms.